The largest absolute Gasteiger partial charge is 0.497 e. The van der Waals surface area contributed by atoms with Crippen LogP contribution in [0.15, 0.2) is 48.5 Å². The highest BCUT2D eigenvalue weighted by Crippen LogP contribution is 2.47. The van der Waals surface area contributed by atoms with Gasteiger partial charge in [-0.2, -0.15) is 0 Å². The van der Waals surface area contributed by atoms with Crippen molar-refractivity contribution in [3.63, 3.8) is 0 Å². The van der Waals surface area contributed by atoms with E-state index in [9.17, 15) is 9.59 Å². The molecule has 5 rings (SSSR count). The highest BCUT2D eigenvalue weighted by Gasteiger charge is 2.48. The summed E-state index contributed by atoms with van der Waals surface area (Å²) >= 11 is 0. The molecule has 0 unspecified atom stereocenters. The summed E-state index contributed by atoms with van der Waals surface area (Å²) in [7, 11) is 1.66. The maximum Gasteiger partial charge on any atom is 0.254 e. The number of likely N-dealkylation sites (tertiary alicyclic amines) is 1. The second kappa shape index (κ2) is 9.81. The number of ether oxygens (including phenoxy) is 1. The first-order chi connectivity index (χ1) is 16.6. The summed E-state index contributed by atoms with van der Waals surface area (Å²) in [5.41, 5.74) is 2.59. The Balaban J connectivity index is 1.64. The van der Waals surface area contributed by atoms with Crippen LogP contribution in [0.25, 0.3) is 0 Å². The van der Waals surface area contributed by atoms with Crippen LogP contribution < -0.4 is 4.74 Å². The van der Waals surface area contributed by atoms with Crippen molar-refractivity contribution < 1.29 is 14.3 Å². The molecule has 1 saturated carbocycles. The SMILES string of the molecule is COc1ccc([C@@H]2[C@H](C(=O)N3CCC[C@@H](C)C3)c3ccccc3C(=O)N2C2CCCCC2)cc1. The molecule has 2 fully saturated rings. The number of methoxy groups -OCH3 is 1. The Kier molecular flexibility index (Phi) is 6.62. The molecule has 0 spiro atoms. The molecule has 5 heteroatoms. The number of amides is 2. The van der Waals surface area contributed by atoms with Gasteiger partial charge in [0.1, 0.15) is 5.75 Å². The molecule has 3 atom stereocenters. The summed E-state index contributed by atoms with van der Waals surface area (Å²) < 4.78 is 5.40. The molecule has 1 aliphatic carbocycles. The maximum absolute atomic E-state index is 14.3. The first kappa shape index (κ1) is 22.9. The molecule has 2 aromatic rings. The van der Waals surface area contributed by atoms with Gasteiger partial charge in [-0.05, 0) is 60.9 Å². The summed E-state index contributed by atoms with van der Waals surface area (Å²) in [6, 6.07) is 15.6. The molecule has 0 radical (unpaired) electrons. The minimum Gasteiger partial charge on any atom is -0.497 e. The van der Waals surface area contributed by atoms with Gasteiger partial charge < -0.3 is 14.5 Å². The molecule has 3 aliphatic rings. The Labute approximate surface area is 203 Å². The molecule has 2 heterocycles. The summed E-state index contributed by atoms with van der Waals surface area (Å²) in [5.74, 6) is 1.12. The van der Waals surface area contributed by atoms with Gasteiger partial charge >= 0.3 is 0 Å². The zero-order chi connectivity index (χ0) is 23.7. The minimum atomic E-state index is -0.394. The van der Waals surface area contributed by atoms with Crippen LogP contribution in [0.4, 0.5) is 0 Å². The highest BCUT2D eigenvalue weighted by atomic mass is 16.5. The molecule has 0 bridgehead atoms. The Morgan fingerprint density at radius 1 is 0.941 bits per heavy atom. The Morgan fingerprint density at radius 3 is 2.38 bits per heavy atom. The van der Waals surface area contributed by atoms with Gasteiger partial charge in [0.2, 0.25) is 5.91 Å². The Morgan fingerprint density at radius 2 is 1.68 bits per heavy atom. The van der Waals surface area contributed by atoms with Crippen molar-refractivity contribution in [2.75, 3.05) is 20.2 Å². The van der Waals surface area contributed by atoms with Gasteiger partial charge in [0, 0.05) is 24.7 Å². The Bertz CT molecular complexity index is 1030. The van der Waals surface area contributed by atoms with Gasteiger partial charge in [0.05, 0.1) is 19.1 Å². The number of hydrogen-bond acceptors (Lipinski definition) is 3. The van der Waals surface area contributed by atoms with Crippen LogP contribution in [0.2, 0.25) is 0 Å². The van der Waals surface area contributed by atoms with Crippen LogP contribution in [0.5, 0.6) is 5.75 Å². The topological polar surface area (TPSA) is 49.9 Å². The van der Waals surface area contributed by atoms with Gasteiger partial charge in [0.15, 0.2) is 0 Å². The third kappa shape index (κ3) is 4.21. The fourth-order valence-corrected chi connectivity index (χ4v) is 6.32. The second-order valence-electron chi connectivity index (χ2n) is 10.3. The van der Waals surface area contributed by atoms with E-state index < -0.39 is 5.92 Å². The van der Waals surface area contributed by atoms with Crippen LogP contribution in [0.1, 0.15) is 85.3 Å². The zero-order valence-electron chi connectivity index (χ0n) is 20.4. The van der Waals surface area contributed by atoms with Crippen molar-refractivity contribution in [2.24, 2.45) is 5.92 Å². The molecule has 2 amide bonds. The van der Waals surface area contributed by atoms with Crippen molar-refractivity contribution in [2.45, 2.75) is 69.9 Å². The quantitative estimate of drug-likeness (QED) is 0.600. The lowest BCUT2D eigenvalue weighted by atomic mass is 9.76. The van der Waals surface area contributed by atoms with Crippen LogP contribution in [-0.4, -0.2) is 47.9 Å². The molecule has 0 aromatic heterocycles. The summed E-state index contributed by atoms with van der Waals surface area (Å²) in [5, 5.41) is 0. The van der Waals surface area contributed by atoms with Crippen molar-refractivity contribution in [3.05, 3.63) is 65.2 Å². The van der Waals surface area contributed by atoms with Crippen LogP contribution in [0.3, 0.4) is 0 Å². The van der Waals surface area contributed by atoms with Crippen LogP contribution >= 0.6 is 0 Å². The lowest BCUT2D eigenvalue weighted by Crippen LogP contribution is -2.53. The summed E-state index contributed by atoms with van der Waals surface area (Å²) in [4.78, 5) is 32.4. The monoisotopic (exact) mass is 460 g/mol. The predicted octanol–water partition coefficient (Wildman–Crippen LogP) is 5.57. The average Bonchev–Trinajstić information content (AvgIpc) is 2.89. The molecule has 5 nitrogen and oxygen atoms in total. The van der Waals surface area contributed by atoms with Crippen molar-refractivity contribution in [1.29, 1.82) is 0 Å². The first-order valence-corrected chi connectivity index (χ1v) is 12.9. The molecule has 180 valence electrons. The maximum atomic E-state index is 14.3. The molecule has 1 saturated heterocycles. The number of carbonyl (C=O) groups excluding carboxylic acids is 2. The fraction of sp³-hybridized carbons (Fsp3) is 0.517. The highest BCUT2D eigenvalue weighted by molar-refractivity contribution is 6.01. The number of piperidine rings is 1. The molecule has 34 heavy (non-hydrogen) atoms. The molecule has 2 aromatic carbocycles. The standard InChI is InChI=1S/C29H36N2O3/c1-20-9-8-18-30(19-20)29(33)26-24-12-6-7-13-25(24)28(32)31(22-10-4-3-5-11-22)27(26)21-14-16-23(34-2)17-15-21/h6-7,12-17,20,22,26-27H,3-5,8-11,18-19H2,1-2H3/t20-,26-,27-/m1/s1. The minimum absolute atomic E-state index is 0.0689. The third-order valence-corrected chi connectivity index (χ3v) is 8.04. The van der Waals surface area contributed by atoms with Crippen molar-refractivity contribution in [3.8, 4) is 5.75 Å². The lowest BCUT2D eigenvalue weighted by molar-refractivity contribution is -0.136. The van der Waals surface area contributed by atoms with E-state index in [4.69, 9.17) is 4.74 Å². The first-order valence-electron chi connectivity index (χ1n) is 12.9. The smallest absolute Gasteiger partial charge is 0.254 e. The summed E-state index contributed by atoms with van der Waals surface area (Å²) in [6.45, 7) is 3.83. The zero-order valence-corrected chi connectivity index (χ0v) is 20.4. The number of carbonyl (C=O) groups is 2. The van der Waals surface area contributed by atoms with Gasteiger partial charge in [-0.15, -0.1) is 0 Å². The molecular weight excluding hydrogens is 424 g/mol. The van der Waals surface area contributed by atoms with Gasteiger partial charge in [0.25, 0.3) is 5.91 Å². The van der Waals surface area contributed by atoms with Gasteiger partial charge in [-0.3, -0.25) is 9.59 Å². The third-order valence-electron chi connectivity index (χ3n) is 8.04. The van der Waals surface area contributed by atoms with Gasteiger partial charge in [-0.1, -0.05) is 56.5 Å². The number of benzene rings is 2. The van der Waals surface area contributed by atoms with Crippen LogP contribution in [-0.2, 0) is 4.79 Å². The van der Waals surface area contributed by atoms with E-state index in [1.807, 2.05) is 48.5 Å². The predicted molar refractivity (Wildman–Crippen MR) is 133 cm³/mol. The van der Waals surface area contributed by atoms with E-state index in [-0.39, 0.29) is 23.9 Å². The van der Waals surface area contributed by atoms with E-state index in [1.54, 1.807) is 7.11 Å². The van der Waals surface area contributed by atoms with Crippen molar-refractivity contribution in [1.82, 2.24) is 9.80 Å². The van der Waals surface area contributed by atoms with Crippen molar-refractivity contribution >= 4 is 11.8 Å². The van der Waals surface area contributed by atoms with E-state index in [0.29, 0.717) is 11.5 Å². The van der Waals surface area contributed by atoms with E-state index >= 15 is 0 Å². The van der Waals surface area contributed by atoms with Gasteiger partial charge in [-0.25, -0.2) is 0 Å². The average molecular weight is 461 g/mol. The number of fused-ring (bicyclic) bond motifs is 1. The second-order valence-corrected chi connectivity index (χ2v) is 10.3. The Hall–Kier alpha value is -2.82. The van der Waals surface area contributed by atoms with E-state index in [2.05, 4.69) is 16.7 Å². The lowest BCUT2D eigenvalue weighted by Gasteiger charge is -2.48. The van der Waals surface area contributed by atoms with E-state index in [1.165, 1.54) is 12.8 Å². The number of rotatable bonds is 4. The van der Waals surface area contributed by atoms with E-state index in [0.717, 1.165) is 62.1 Å². The molecule has 2 aliphatic heterocycles. The number of nitrogens with zero attached hydrogens (tertiary/aromatic N) is 2. The fourth-order valence-electron chi connectivity index (χ4n) is 6.32. The molecule has 0 N–H and O–H groups in total. The molecular formula is C29H36N2O3. The normalized spacial score (nSPS) is 25.7. The van der Waals surface area contributed by atoms with Crippen LogP contribution in [0, 0.1) is 5.92 Å². The number of hydrogen-bond donors (Lipinski definition) is 0. The summed E-state index contributed by atoms with van der Waals surface area (Å²) in [6.07, 6.45) is 7.70.